The maximum Gasteiger partial charge on any atom is 0.0809 e. The molecule has 1 aliphatic carbocycles. The van der Waals surface area contributed by atoms with Gasteiger partial charge in [0.1, 0.15) is 0 Å². The lowest BCUT2D eigenvalue weighted by Gasteiger charge is -2.24. The van der Waals surface area contributed by atoms with E-state index in [1.54, 1.807) is 0 Å². The summed E-state index contributed by atoms with van der Waals surface area (Å²) in [7, 11) is 0. The smallest absolute Gasteiger partial charge is 0.0809 e. The average molecular weight is 267 g/mol. The molecule has 1 aliphatic rings. The van der Waals surface area contributed by atoms with Crippen LogP contribution in [0, 0.1) is 5.92 Å². The van der Waals surface area contributed by atoms with Crippen LogP contribution in [0.1, 0.15) is 48.8 Å². The molecule has 102 valence electrons. The number of hydrogen-bond acceptors (Lipinski definition) is 3. The van der Waals surface area contributed by atoms with Crippen LogP contribution < -0.4 is 5.32 Å². The highest BCUT2D eigenvalue weighted by atomic mass is 32.1. The Kier molecular flexibility index (Phi) is 6.18. The van der Waals surface area contributed by atoms with Crippen LogP contribution in [0.25, 0.3) is 0 Å². The minimum atomic E-state index is 0.797. The molecular weight excluding hydrogens is 242 g/mol. The van der Waals surface area contributed by atoms with Gasteiger partial charge in [-0.2, -0.15) is 0 Å². The average Bonchev–Trinajstić information content (AvgIpc) is 2.75. The predicted octanol–water partition coefficient (Wildman–Crippen LogP) is 3.95. The zero-order valence-electron chi connectivity index (χ0n) is 11.4. The number of nitrogens with one attached hydrogen (secondary N) is 1. The van der Waals surface area contributed by atoms with E-state index in [-0.39, 0.29) is 0 Å². The van der Waals surface area contributed by atoms with E-state index in [2.05, 4.69) is 24.4 Å². The molecule has 1 fully saturated rings. The summed E-state index contributed by atoms with van der Waals surface area (Å²) in [6.45, 7) is 6.03. The molecule has 0 amide bonds. The Bertz CT molecular complexity index is 333. The highest BCUT2D eigenvalue weighted by Crippen LogP contribution is 2.29. The van der Waals surface area contributed by atoms with Crippen LogP contribution in [0.15, 0.2) is 12.1 Å². The predicted molar refractivity (Wildman–Crippen MR) is 77.9 cm³/mol. The fraction of sp³-hybridized carbons (Fsp3) is 0.733. The molecule has 0 atom stereocenters. The summed E-state index contributed by atoms with van der Waals surface area (Å²) in [6, 6.07) is 4.43. The lowest BCUT2D eigenvalue weighted by Crippen LogP contribution is -2.13. The van der Waals surface area contributed by atoms with Crippen molar-refractivity contribution in [2.75, 3.05) is 13.2 Å². The fourth-order valence-corrected chi connectivity index (χ4v) is 3.11. The van der Waals surface area contributed by atoms with Crippen molar-refractivity contribution in [1.82, 2.24) is 5.32 Å². The first-order chi connectivity index (χ1) is 8.88. The van der Waals surface area contributed by atoms with Crippen molar-refractivity contribution in [2.24, 2.45) is 5.92 Å². The Hall–Kier alpha value is -0.380. The molecule has 0 bridgehead atoms. The molecule has 1 saturated carbocycles. The van der Waals surface area contributed by atoms with Crippen LogP contribution in [-0.2, 0) is 17.9 Å². The minimum Gasteiger partial charge on any atom is -0.376 e. The van der Waals surface area contributed by atoms with Crippen LogP contribution in [-0.4, -0.2) is 13.2 Å². The molecule has 1 heterocycles. The molecule has 3 heteroatoms. The van der Waals surface area contributed by atoms with Gasteiger partial charge in [0.15, 0.2) is 0 Å². The number of ether oxygens (including phenoxy) is 1. The Balaban J connectivity index is 1.57. The first-order valence-corrected chi connectivity index (χ1v) is 8.06. The van der Waals surface area contributed by atoms with Crippen molar-refractivity contribution >= 4 is 11.3 Å². The van der Waals surface area contributed by atoms with Crippen LogP contribution >= 0.6 is 11.3 Å². The zero-order valence-corrected chi connectivity index (χ0v) is 12.2. The Morgan fingerprint density at radius 3 is 2.89 bits per heavy atom. The van der Waals surface area contributed by atoms with Crippen molar-refractivity contribution in [2.45, 2.75) is 52.2 Å². The quantitative estimate of drug-likeness (QED) is 0.684. The van der Waals surface area contributed by atoms with Gasteiger partial charge in [0, 0.05) is 22.9 Å². The van der Waals surface area contributed by atoms with E-state index in [4.69, 9.17) is 4.74 Å². The molecule has 0 unspecified atom stereocenters. The number of thiophene rings is 1. The van der Waals surface area contributed by atoms with Gasteiger partial charge < -0.3 is 10.1 Å². The van der Waals surface area contributed by atoms with Gasteiger partial charge in [-0.25, -0.2) is 0 Å². The fourth-order valence-electron chi connectivity index (χ4n) is 2.19. The summed E-state index contributed by atoms with van der Waals surface area (Å²) in [5.41, 5.74) is 0. The minimum absolute atomic E-state index is 0.797. The maximum absolute atomic E-state index is 5.76. The van der Waals surface area contributed by atoms with E-state index in [0.717, 1.165) is 32.2 Å². The second-order valence-corrected chi connectivity index (χ2v) is 6.44. The third-order valence-electron chi connectivity index (χ3n) is 3.58. The van der Waals surface area contributed by atoms with E-state index >= 15 is 0 Å². The molecule has 0 radical (unpaired) electrons. The summed E-state index contributed by atoms with van der Waals surface area (Å²) in [5.74, 6) is 0.960. The molecule has 2 rings (SSSR count). The van der Waals surface area contributed by atoms with Crippen molar-refractivity contribution in [3.63, 3.8) is 0 Å². The summed E-state index contributed by atoms with van der Waals surface area (Å²) < 4.78 is 5.76. The topological polar surface area (TPSA) is 21.3 Å². The Morgan fingerprint density at radius 1 is 1.33 bits per heavy atom. The van der Waals surface area contributed by atoms with Crippen LogP contribution in [0.4, 0.5) is 0 Å². The van der Waals surface area contributed by atoms with Gasteiger partial charge in [0.2, 0.25) is 0 Å². The van der Waals surface area contributed by atoms with E-state index in [1.807, 2.05) is 11.3 Å². The first-order valence-electron chi connectivity index (χ1n) is 7.24. The molecule has 1 aromatic rings. The van der Waals surface area contributed by atoms with E-state index in [0.29, 0.717) is 0 Å². The molecule has 0 spiro atoms. The maximum atomic E-state index is 5.76. The second kappa shape index (κ2) is 7.93. The van der Waals surface area contributed by atoms with Gasteiger partial charge in [0.25, 0.3) is 0 Å². The van der Waals surface area contributed by atoms with Gasteiger partial charge in [-0.05, 0) is 37.4 Å². The highest BCUT2D eigenvalue weighted by Gasteiger charge is 2.16. The van der Waals surface area contributed by atoms with E-state index in [9.17, 15) is 0 Å². The summed E-state index contributed by atoms with van der Waals surface area (Å²) >= 11 is 1.87. The van der Waals surface area contributed by atoms with Crippen molar-refractivity contribution in [3.05, 3.63) is 21.9 Å². The van der Waals surface area contributed by atoms with Gasteiger partial charge in [-0.3, -0.25) is 0 Å². The molecule has 0 saturated heterocycles. The highest BCUT2D eigenvalue weighted by molar-refractivity contribution is 7.11. The van der Waals surface area contributed by atoms with Crippen LogP contribution in [0.3, 0.4) is 0 Å². The SMILES string of the molecule is CCCNCc1ccc(COCCC2CCC2)s1. The molecule has 18 heavy (non-hydrogen) atoms. The Morgan fingerprint density at radius 2 is 2.17 bits per heavy atom. The summed E-state index contributed by atoms with van der Waals surface area (Å²) in [5, 5.41) is 3.43. The van der Waals surface area contributed by atoms with Crippen LogP contribution in [0.5, 0.6) is 0 Å². The monoisotopic (exact) mass is 267 g/mol. The molecule has 0 aromatic carbocycles. The van der Waals surface area contributed by atoms with Gasteiger partial charge >= 0.3 is 0 Å². The largest absolute Gasteiger partial charge is 0.376 e. The molecular formula is C15H25NOS. The summed E-state index contributed by atoms with van der Waals surface area (Å²) in [4.78, 5) is 2.78. The Labute approximate surface area is 115 Å². The zero-order chi connectivity index (χ0) is 12.6. The second-order valence-electron chi connectivity index (χ2n) is 5.18. The standard InChI is InChI=1S/C15H25NOS/c1-2-9-16-11-14-6-7-15(18-14)12-17-10-8-13-4-3-5-13/h6-7,13,16H,2-5,8-12H2,1H3. The van der Waals surface area contributed by atoms with Crippen LogP contribution in [0.2, 0.25) is 0 Å². The third-order valence-corrected chi connectivity index (χ3v) is 4.64. The normalized spacial score (nSPS) is 15.8. The first kappa shape index (κ1) is 14.0. The lowest BCUT2D eigenvalue weighted by molar-refractivity contribution is 0.0966. The molecule has 1 aromatic heterocycles. The van der Waals surface area contributed by atoms with Crippen molar-refractivity contribution in [3.8, 4) is 0 Å². The number of rotatable bonds is 9. The summed E-state index contributed by atoms with van der Waals surface area (Å²) in [6.07, 6.45) is 6.74. The molecule has 2 nitrogen and oxygen atoms in total. The van der Waals surface area contributed by atoms with E-state index < -0.39 is 0 Å². The van der Waals surface area contributed by atoms with E-state index in [1.165, 1.54) is 41.9 Å². The van der Waals surface area contributed by atoms with Gasteiger partial charge in [-0.15, -0.1) is 11.3 Å². The lowest BCUT2D eigenvalue weighted by atomic mass is 9.83. The molecule has 0 aliphatic heterocycles. The van der Waals surface area contributed by atoms with Gasteiger partial charge in [0.05, 0.1) is 6.61 Å². The number of hydrogen-bond donors (Lipinski definition) is 1. The van der Waals surface area contributed by atoms with Crippen molar-refractivity contribution in [1.29, 1.82) is 0 Å². The molecule has 1 N–H and O–H groups in total. The van der Waals surface area contributed by atoms with Crippen molar-refractivity contribution < 1.29 is 4.74 Å². The third kappa shape index (κ3) is 4.71. The van der Waals surface area contributed by atoms with Gasteiger partial charge in [-0.1, -0.05) is 26.2 Å².